The molecule has 112 valence electrons. The second-order valence-corrected chi connectivity index (χ2v) is 6.49. The third-order valence-corrected chi connectivity index (χ3v) is 4.76. The Labute approximate surface area is 123 Å². The van der Waals surface area contributed by atoms with E-state index in [0.717, 1.165) is 18.2 Å². The summed E-state index contributed by atoms with van der Waals surface area (Å²) >= 11 is 0. The van der Waals surface area contributed by atoms with Crippen LogP contribution in [0.5, 0.6) is 5.75 Å². The number of ether oxygens (including phenoxy) is 1. The third kappa shape index (κ3) is 3.17. The van der Waals surface area contributed by atoms with Crippen LogP contribution in [0.3, 0.4) is 0 Å². The molecule has 1 aromatic carbocycles. The van der Waals surface area contributed by atoms with Crippen LogP contribution in [-0.2, 0) is 0 Å². The second kappa shape index (κ2) is 6.62. The smallest absolute Gasteiger partial charge is 0.125 e. The van der Waals surface area contributed by atoms with Crippen LogP contribution in [0.15, 0.2) is 12.1 Å². The number of methoxy groups -OCH3 is 1. The lowest BCUT2D eigenvalue weighted by molar-refractivity contribution is 0.382. The minimum absolute atomic E-state index is 0.567. The zero-order chi connectivity index (χ0) is 14.7. The molecule has 1 aliphatic rings. The summed E-state index contributed by atoms with van der Waals surface area (Å²) < 4.78 is 5.72. The van der Waals surface area contributed by atoms with E-state index in [9.17, 15) is 0 Å². The standard InChI is InChI=1S/C18H29NO/c1-12(2)19-11-15-7-6-8-16(15)17-10-9-13(3)14(4)18(17)20-5/h9-10,12,15-16,19H,6-8,11H2,1-5H3. The van der Waals surface area contributed by atoms with Crippen molar-refractivity contribution in [2.45, 2.75) is 58.9 Å². The fourth-order valence-electron chi connectivity index (χ4n) is 3.45. The normalized spacial score (nSPS) is 22.5. The summed E-state index contributed by atoms with van der Waals surface area (Å²) in [5.74, 6) is 2.51. The monoisotopic (exact) mass is 275 g/mol. The maximum atomic E-state index is 5.72. The zero-order valence-corrected chi connectivity index (χ0v) is 13.6. The molecule has 2 rings (SSSR count). The van der Waals surface area contributed by atoms with Crippen molar-refractivity contribution in [1.29, 1.82) is 0 Å². The molecule has 2 heteroatoms. The van der Waals surface area contributed by atoms with Crippen LogP contribution in [-0.4, -0.2) is 19.7 Å². The van der Waals surface area contributed by atoms with Crippen LogP contribution in [0.2, 0.25) is 0 Å². The Morgan fingerprint density at radius 2 is 2.00 bits per heavy atom. The molecule has 1 fully saturated rings. The first kappa shape index (κ1) is 15.4. The molecule has 1 N–H and O–H groups in total. The number of hydrogen-bond donors (Lipinski definition) is 1. The SMILES string of the molecule is COc1c(C2CCCC2CNC(C)C)ccc(C)c1C. The number of hydrogen-bond acceptors (Lipinski definition) is 2. The molecule has 0 spiro atoms. The highest BCUT2D eigenvalue weighted by Gasteiger charge is 2.31. The molecule has 0 aromatic heterocycles. The highest BCUT2D eigenvalue weighted by Crippen LogP contribution is 2.44. The molecule has 0 bridgehead atoms. The summed E-state index contributed by atoms with van der Waals surface area (Å²) in [5.41, 5.74) is 4.04. The van der Waals surface area contributed by atoms with Crippen LogP contribution in [0.4, 0.5) is 0 Å². The van der Waals surface area contributed by atoms with Gasteiger partial charge in [-0.05, 0) is 61.8 Å². The summed E-state index contributed by atoms with van der Waals surface area (Å²) in [6.07, 6.45) is 3.97. The maximum Gasteiger partial charge on any atom is 0.125 e. The van der Waals surface area contributed by atoms with Gasteiger partial charge in [-0.3, -0.25) is 0 Å². The fourth-order valence-corrected chi connectivity index (χ4v) is 3.45. The third-order valence-electron chi connectivity index (χ3n) is 4.76. The van der Waals surface area contributed by atoms with Gasteiger partial charge in [-0.25, -0.2) is 0 Å². The Morgan fingerprint density at radius 3 is 2.65 bits per heavy atom. The summed E-state index contributed by atoms with van der Waals surface area (Å²) in [6.45, 7) is 9.90. The van der Waals surface area contributed by atoms with Crippen molar-refractivity contribution in [3.8, 4) is 5.75 Å². The van der Waals surface area contributed by atoms with E-state index in [2.05, 4.69) is 45.1 Å². The van der Waals surface area contributed by atoms with Crippen molar-refractivity contribution < 1.29 is 4.74 Å². The van der Waals surface area contributed by atoms with E-state index in [0.29, 0.717) is 12.0 Å². The number of rotatable bonds is 5. The van der Waals surface area contributed by atoms with Crippen LogP contribution < -0.4 is 10.1 Å². The first-order chi connectivity index (χ1) is 9.54. The average Bonchev–Trinajstić information content (AvgIpc) is 2.87. The van der Waals surface area contributed by atoms with Crippen molar-refractivity contribution >= 4 is 0 Å². The van der Waals surface area contributed by atoms with Gasteiger partial charge in [-0.1, -0.05) is 32.4 Å². The van der Waals surface area contributed by atoms with Gasteiger partial charge in [0, 0.05) is 6.04 Å². The topological polar surface area (TPSA) is 21.3 Å². The maximum absolute atomic E-state index is 5.72. The van der Waals surface area contributed by atoms with E-state index in [1.807, 2.05) is 7.11 Å². The van der Waals surface area contributed by atoms with Gasteiger partial charge in [0.05, 0.1) is 7.11 Å². The van der Waals surface area contributed by atoms with Gasteiger partial charge in [0.1, 0.15) is 5.75 Å². The molecule has 1 aliphatic carbocycles. The highest BCUT2D eigenvalue weighted by atomic mass is 16.5. The molecule has 2 nitrogen and oxygen atoms in total. The fraction of sp³-hybridized carbons (Fsp3) is 0.667. The van der Waals surface area contributed by atoms with E-state index in [-0.39, 0.29) is 0 Å². The molecule has 1 aromatic rings. The van der Waals surface area contributed by atoms with Crippen molar-refractivity contribution in [3.63, 3.8) is 0 Å². The Kier molecular flexibility index (Phi) is 5.09. The van der Waals surface area contributed by atoms with E-state index >= 15 is 0 Å². The van der Waals surface area contributed by atoms with Gasteiger partial charge in [-0.15, -0.1) is 0 Å². The largest absolute Gasteiger partial charge is 0.496 e. The molecule has 0 amide bonds. The van der Waals surface area contributed by atoms with Gasteiger partial charge in [0.2, 0.25) is 0 Å². The quantitative estimate of drug-likeness (QED) is 0.870. The number of benzene rings is 1. The predicted molar refractivity (Wildman–Crippen MR) is 85.7 cm³/mol. The van der Waals surface area contributed by atoms with Crippen LogP contribution in [0.1, 0.15) is 55.7 Å². The van der Waals surface area contributed by atoms with Crippen molar-refractivity contribution in [3.05, 3.63) is 28.8 Å². The lowest BCUT2D eigenvalue weighted by Crippen LogP contribution is -2.30. The van der Waals surface area contributed by atoms with Crippen molar-refractivity contribution in [2.75, 3.05) is 13.7 Å². The first-order valence-corrected chi connectivity index (χ1v) is 7.92. The van der Waals surface area contributed by atoms with Gasteiger partial charge in [0.25, 0.3) is 0 Å². The molecule has 2 atom stereocenters. The van der Waals surface area contributed by atoms with Gasteiger partial charge >= 0.3 is 0 Å². The summed E-state index contributed by atoms with van der Waals surface area (Å²) in [4.78, 5) is 0. The molecule has 1 saturated carbocycles. The van der Waals surface area contributed by atoms with Crippen LogP contribution in [0.25, 0.3) is 0 Å². The van der Waals surface area contributed by atoms with E-state index in [4.69, 9.17) is 4.74 Å². The van der Waals surface area contributed by atoms with Crippen molar-refractivity contribution in [1.82, 2.24) is 5.32 Å². The molecule has 0 aliphatic heterocycles. The highest BCUT2D eigenvalue weighted by molar-refractivity contribution is 5.47. The zero-order valence-electron chi connectivity index (χ0n) is 13.6. The molecular weight excluding hydrogens is 246 g/mol. The predicted octanol–water partition coefficient (Wildman–Crippen LogP) is 4.19. The van der Waals surface area contributed by atoms with Gasteiger partial charge < -0.3 is 10.1 Å². The molecule has 20 heavy (non-hydrogen) atoms. The van der Waals surface area contributed by atoms with E-state index in [1.54, 1.807) is 0 Å². The van der Waals surface area contributed by atoms with E-state index < -0.39 is 0 Å². The summed E-state index contributed by atoms with van der Waals surface area (Å²) in [7, 11) is 1.81. The molecular formula is C18H29NO. The van der Waals surface area contributed by atoms with Gasteiger partial charge in [-0.2, -0.15) is 0 Å². The molecule has 0 heterocycles. The Hall–Kier alpha value is -1.02. The number of nitrogens with one attached hydrogen (secondary N) is 1. The van der Waals surface area contributed by atoms with Crippen LogP contribution >= 0.6 is 0 Å². The second-order valence-electron chi connectivity index (χ2n) is 6.49. The minimum atomic E-state index is 0.567. The Bertz CT molecular complexity index is 453. The molecule has 0 saturated heterocycles. The Morgan fingerprint density at radius 1 is 1.25 bits per heavy atom. The van der Waals surface area contributed by atoms with Crippen LogP contribution in [0, 0.1) is 19.8 Å². The minimum Gasteiger partial charge on any atom is -0.496 e. The Balaban J connectivity index is 2.23. The first-order valence-electron chi connectivity index (χ1n) is 7.92. The summed E-state index contributed by atoms with van der Waals surface area (Å²) in [5, 5.41) is 3.61. The lowest BCUT2D eigenvalue weighted by atomic mass is 9.86. The summed E-state index contributed by atoms with van der Waals surface area (Å²) in [6, 6.07) is 5.11. The molecule has 0 radical (unpaired) electrons. The van der Waals surface area contributed by atoms with Crippen molar-refractivity contribution in [2.24, 2.45) is 5.92 Å². The number of aryl methyl sites for hydroxylation is 1. The van der Waals surface area contributed by atoms with Gasteiger partial charge in [0.15, 0.2) is 0 Å². The average molecular weight is 275 g/mol. The molecule has 2 unspecified atom stereocenters. The van der Waals surface area contributed by atoms with E-state index in [1.165, 1.54) is 36.0 Å². The lowest BCUT2D eigenvalue weighted by Gasteiger charge is -2.24.